The van der Waals surface area contributed by atoms with Crippen LogP contribution in [0.5, 0.6) is 5.75 Å². The Bertz CT molecular complexity index is 933. The molecule has 2 heterocycles. The third kappa shape index (κ3) is 4.70. The lowest BCUT2D eigenvalue weighted by atomic mass is 10.2. The SMILES string of the molecule is COc1ccc(C(=O)NCCNC(=O)c2csc(-c3cnn(C)c3)n2)cc1. The molecule has 3 aromatic rings. The largest absolute Gasteiger partial charge is 0.497 e. The number of thiazole rings is 1. The Morgan fingerprint density at radius 3 is 2.48 bits per heavy atom. The van der Waals surface area contributed by atoms with Crippen molar-refractivity contribution in [3.8, 4) is 16.3 Å². The fraction of sp³-hybridized carbons (Fsp3) is 0.222. The molecule has 2 amide bonds. The van der Waals surface area contributed by atoms with Crippen molar-refractivity contribution in [1.82, 2.24) is 25.4 Å². The maximum Gasteiger partial charge on any atom is 0.270 e. The molecule has 0 bridgehead atoms. The fourth-order valence-corrected chi connectivity index (χ4v) is 3.10. The van der Waals surface area contributed by atoms with E-state index in [0.29, 0.717) is 30.1 Å². The first-order valence-electron chi connectivity index (χ1n) is 8.22. The average molecular weight is 385 g/mol. The molecule has 0 radical (unpaired) electrons. The quantitative estimate of drug-likeness (QED) is 0.604. The lowest BCUT2D eigenvalue weighted by Crippen LogP contribution is -2.34. The number of nitrogens with zero attached hydrogens (tertiary/aromatic N) is 3. The molecular weight excluding hydrogens is 366 g/mol. The predicted molar refractivity (Wildman–Crippen MR) is 102 cm³/mol. The van der Waals surface area contributed by atoms with Gasteiger partial charge in [0.1, 0.15) is 16.5 Å². The number of carbonyl (C=O) groups excluding carboxylic acids is 2. The summed E-state index contributed by atoms with van der Waals surface area (Å²) in [7, 11) is 3.39. The third-order valence-electron chi connectivity index (χ3n) is 3.74. The summed E-state index contributed by atoms with van der Waals surface area (Å²) in [5.74, 6) is 0.201. The molecule has 140 valence electrons. The highest BCUT2D eigenvalue weighted by Crippen LogP contribution is 2.22. The van der Waals surface area contributed by atoms with Gasteiger partial charge in [-0.1, -0.05) is 0 Å². The fourth-order valence-electron chi connectivity index (χ4n) is 2.33. The summed E-state index contributed by atoms with van der Waals surface area (Å²) in [6, 6.07) is 6.81. The molecule has 0 aliphatic heterocycles. The molecule has 2 N–H and O–H groups in total. The van der Waals surface area contributed by atoms with Crippen molar-refractivity contribution in [2.75, 3.05) is 20.2 Å². The highest BCUT2D eigenvalue weighted by Gasteiger charge is 2.12. The van der Waals surface area contributed by atoms with E-state index in [2.05, 4.69) is 20.7 Å². The number of hydrogen-bond acceptors (Lipinski definition) is 6. The molecule has 0 aliphatic carbocycles. The maximum absolute atomic E-state index is 12.2. The lowest BCUT2D eigenvalue weighted by molar-refractivity contribution is 0.0925. The van der Waals surface area contributed by atoms with Crippen molar-refractivity contribution in [1.29, 1.82) is 0 Å². The Morgan fingerprint density at radius 1 is 1.15 bits per heavy atom. The second kappa shape index (κ2) is 8.45. The molecule has 9 heteroatoms. The molecule has 0 unspecified atom stereocenters. The van der Waals surface area contributed by atoms with Crippen LogP contribution in [0.25, 0.3) is 10.6 Å². The zero-order chi connectivity index (χ0) is 19.2. The summed E-state index contributed by atoms with van der Waals surface area (Å²) in [5.41, 5.74) is 1.75. The van der Waals surface area contributed by atoms with Crippen LogP contribution in [0.3, 0.4) is 0 Å². The van der Waals surface area contributed by atoms with E-state index >= 15 is 0 Å². The first-order valence-corrected chi connectivity index (χ1v) is 9.10. The van der Waals surface area contributed by atoms with Crippen molar-refractivity contribution in [3.63, 3.8) is 0 Å². The van der Waals surface area contributed by atoms with E-state index in [1.807, 2.05) is 13.2 Å². The number of rotatable bonds is 7. The zero-order valence-corrected chi connectivity index (χ0v) is 15.7. The van der Waals surface area contributed by atoms with Crippen LogP contribution in [0.2, 0.25) is 0 Å². The summed E-state index contributed by atoms with van der Waals surface area (Å²) >= 11 is 1.38. The monoisotopic (exact) mass is 385 g/mol. The molecule has 0 fully saturated rings. The topological polar surface area (TPSA) is 98.1 Å². The normalized spacial score (nSPS) is 10.4. The van der Waals surface area contributed by atoms with Gasteiger partial charge in [-0.3, -0.25) is 14.3 Å². The molecule has 1 aromatic carbocycles. The minimum atomic E-state index is -0.278. The van der Waals surface area contributed by atoms with Gasteiger partial charge in [0.05, 0.1) is 13.3 Å². The molecule has 0 spiro atoms. The second-order valence-corrected chi connectivity index (χ2v) is 6.54. The Balaban J connectivity index is 1.45. The third-order valence-corrected chi connectivity index (χ3v) is 4.63. The van der Waals surface area contributed by atoms with E-state index in [0.717, 1.165) is 10.6 Å². The van der Waals surface area contributed by atoms with Gasteiger partial charge in [0.2, 0.25) is 0 Å². The van der Waals surface area contributed by atoms with Gasteiger partial charge in [0, 0.05) is 42.8 Å². The van der Waals surface area contributed by atoms with E-state index in [1.54, 1.807) is 47.6 Å². The number of nitrogens with one attached hydrogen (secondary N) is 2. The summed E-state index contributed by atoms with van der Waals surface area (Å²) in [4.78, 5) is 28.5. The Kier molecular flexibility index (Phi) is 5.82. The van der Waals surface area contributed by atoms with Crippen molar-refractivity contribution in [2.45, 2.75) is 0 Å². The zero-order valence-electron chi connectivity index (χ0n) is 14.9. The van der Waals surface area contributed by atoms with Gasteiger partial charge in [-0.25, -0.2) is 4.98 Å². The van der Waals surface area contributed by atoms with Gasteiger partial charge in [-0.2, -0.15) is 5.10 Å². The van der Waals surface area contributed by atoms with Crippen molar-refractivity contribution < 1.29 is 14.3 Å². The standard InChI is InChI=1S/C18H19N5O3S/c1-23-10-13(9-21-23)18-22-15(11-27-18)17(25)20-8-7-19-16(24)12-3-5-14(26-2)6-4-12/h3-6,9-11H,7-8H2,1-2H3,(H,19,24)(H,20,25). The van der Waals surface area contributed by atoms with Crippen LogP contribution in [0.4, 0.5) is 0 Å². The van der Waals surface area contributed by atoms with Gasteiger partial charge in [0.25, 0.3) is 11.8 Å². The predicted octanol–water partition coefficient (Wildman–Crippen LogP) is 1.71. The van der Waals surface area contributed by atoms with Crippen LogP contribution >= 0.6 is 11.3 Å². The van der Waals surface area contributed by atoms with Gasteiger partial charge in [0.15, 0.2) is 0 Å². The first kappa shape index (κ1) is 18.6. The maximum atomic E-state index is 12.2. The van der Waals surface area contributed by atoms with Crippen molar-refractivity contribution in [2.24, 2.45) is 7.05 Å². The molecule has 0 saturated heterocycles. The first-order chi connectivity index (χ1) is 13.1. The Labute approximate surface area is 160 Å². The highest BCUT2D eigenvalue weighted by atomic mass is 32.1. The van der Waals surface area contributed by atoms with Crippen LogP contribution < -0.4 is 15.4 Å². The average Bonchev–Trinajstić information content (AvgIpc) is 3.34. The van der Waals surface area contributed by atoms with Crippen LogP contribution in [-0.2, 0) is 7.05 Å². The molecule has 0 saturated carbocycles. The molecule has 27 heavy (non-hydrogen) atoms. The molecule has 2 aromatic heterocycles. The number of amides is 2. The Hall–Kier alpha value is -3.20. The van der Waals surface area contributed by atoms with Crippen LogP contribution in [0.1, 0.15) is 20.8 Å². The van der Waals surface area contributed by atoms with Crippen molar-refractivity contribution >= 4 is 23.2 Å². The van der Waals surface area contributed by atoms with Crippen LogP contribution in [0.15, 0.2) is 42.0 Å². The Morgan fingerprint density at radius 2 is 1.85 bits per heavy atom. The molecule has 8 nitrogen and oxygen atoms in total. The van der Waals surface area contributed by atoms with Crippen LogP contribution in [-0.4, -0.2) is 46.8 Å². The van der Waals surface area contributed by atoms with E-state index < -0.39 is 0 Å². The summed E-state index contributed by atoms with van der Waals surface area (Å²) in [5, 5.41) is 12.0. The summed E-state index contributed by atoms with van der Waals surface area (Å²) in [6.45, 7) is 0.622. The van der Waals surface area contributed by atoms with E-state index in [1.165, 1.54) is 11.3 Å². The number of aromatic nitrogens is 3. The smallest absolute Gasteiger partial charge is 0.270 e. The van der Waals surface area contributed by atoms with Gasteiger partial charge >= 0.3 is 0 Å². The molecule has 3 rings (SSSR count). The second-order valence-electron chi connectivity index (χ2n) is 5.68. The minimum absolute atomic E-state index is 0.209. The highest BCUT2D eigenvalue weighted by molar-refractivity contribution is 7.13. The van der Waals surface area contributed by atoms with Crippen LogP contribution in [0, 0.1) is 0 Å². The summed E-state index contributed by atoms with van der Waals surface area (Å²) in [6.07, 6.45) is 3.55. The number of methoxy groups -OCH3 is 1. The van der Waals surface area contributed by atoms with Gasteiger partial charge in [-0.05, 0) is 24.3 Å². The number of benzene rings is 1. The van der Waals surface area contributed by atoms with E-state index in [-0.39, 0.29) is 11.8 Å². The number of hydrogen-bond donors (Lipinski definition) is 2. The van der Waals surface area contributed by atoms with E-state index in [9.17, 15) is 9.59 Å². The molecule has 0 aliphatic rings. The van der Waals surface area contributed by atoms with Gasteiger partial charge in [-0.15, -0.1) is 11.3 Å². The van der Waals surface area contributed by atoms with E-state index in [4.69, 9.17) is 4.74 Å². The number of aryl methyl sites for hydroxylation is 1. The number of carbonyl (C=O) groups is 2. The molecule has 0 atom stereocenters. The number of ether oxygens (including phenoxy) is 1. The summed E-state index contributed by atoms with van der Waals surface area (Å²) < 4.78 is 6.74. The van der Waals surface area contributed by atoms with Crippen molar-refractivity contribution in [3.05, 3.63) is 53.3 Å². The van der Waals surface area contributed by atoms with Gasteiger partial charge < -0.3 is 15.4 Å². The molecular formula is C18H19N5O3S. The minimum Gasteiger partial charge on any atom is -0.497 e. The lowest BCUT2D eigenvalue weighted by Gasteiger charge is -2.07.